The van der Waals surface area contributed by atoms with Crippen LogP contribution in [0.15, 0.2) is 64.5 Å². The standard InChI is InChI=1S/C17H11N3O2S/c21-16(14-4-2-10-23-14)19-12-7-5-11(6-8-12)17-20-15-13(22-17)3-1-9-18-15/h1-10H,(H,19,21). The Morgan fingerprint density at radius 1 is 1.09 bits per heavy atom. The van der Waals surface area contributed by atoms with Crippen LogP contribution in [0.3, 0.4) is 0 Å². The Morgan fingerprint density at radius 2 is 1.96 bits per heavy atom. The molecule has 0 saturated heterocycles. The predicted molar refractivity (Wildman–Crippen MR) is 89.5 cm³/mol. The zero-order chi connectivity index (χ0) is 15.6. The molecular formula is C17H11N3O2S. The maximum atomic E-state index is 12.0. The van der Waals surface area contributed by atoms with Crippen LogP contribution in [0.25, 0.3) is 22.7 Å². The molecular weight excluding hydrogens is 310 g/mol. The number of nitrogens with one attached hydrogen (secondary N) is 1. The van der Waals surface area contributed by atoms with Crippen molar-refractivity contribution in [2.45, 2.75) is 0 Å². The Kier molecular flexibility index (Phi) is 3.36. The first-order valence-electron chi connectivity index (χ1n) is 6.96. The molecule has 0 radical (unpaired) electrons. The Morgan fingerprint density at radius 3 is 2.70 bits per heavy atom. The number of pyridine rings is 1. The van der Waals surface area contributed by atoms with E-state index in [0.29, 0.717) is 22.0 Å². The van der Waals surface area contributed by atoms with E-state index in [2.05, 4.69) is 15.3 Å². The fraction of sp³-hybridized carbons (Fsp3) is 0. The SMILES string of the molecule is O=C(Nc1ccc(-c2nc3ncccc3o2)cc1)c1cccs1. The van der Waals surface area contributed by atoms with Crippen LogP contribution in [-0.4, -0.2) is 15.9 Å². The zero-order valence-corrected chi connectivity index (χ0v) is 12.7. The molecule has 3 aromatic heterocycles. The summed E-state index contributed by atoms with van der Waals surface area (Å²) in [6, 6.07) is 14.6. The third-order valence-electron chi connectivity index (χ3n) is 3.30. The van der Waals surface area contributed by atoms with Crippen molar-refractivity contribution in [2.24, 2.45) is 0 Å². The van der Waals surface area contributed by atoms with Crippen molar-refractivity contribution in [1.82, 2.24) is 9.97 Å². The number of nitrogens with zero attached hydrogens (tertiary/aromatic N) is 2. The van der Waals surface area contributed by atoms with Crippen LogP contribution >= 0.6 is 11.3 Å². The quantitative estimate of drug-likeness (QED) is 0.614. The number of benzene rings is 1. The average molecular weight is 321 g/mol. The lowest BCUT2D eigenvalue weighted by atomic mass is 10.2. The molecule has 1 amide bonds. The van der Waals surface area contributed by atoms with E-state index in [0.717, 1.165) is 11.3 Å². The highest BCUT2D eigenvalue weighted by molar-refractivity contribution is 7.12. The summed E-state index contributed by atoms with van der Waals surface area (Å²) in [4.78, 5) is 21.2. The molecule has 0 saturated carbocycles. The van der Waals surface area contributed by atoms with Gasteiger partial charge in [0.2, 0.25) is 5.89 Å². The van der Waals surface area contributed by atoms with Crippen LogP contribution in [0.4, 0.5) is 5.69 Å². The minimum Gasteiger partial charge on any atom is -0.434 e. The molecule has 0 spiro atoms. The first-order chi connectivity index (χ1) is 11.3. The normalized spacial score (nSPS) is 10.8. The van der Waals surface area contributed by atoms with Crippen molar-refractivity contribution < 1.29 is 9.21 Å². The molecule has 0 bridgehead atoms. The fourth-order valence-electron chi connectivity index (χ4n) is 2.19. The average Bonchev–Trinajstić information content (AvgIpc) is 3.25. The van der Waals surface area contributed by atoms with E-state index in [1.165, 1.54) is 11.3 Å². The van der Waals surface area contributed by atoms with Gasteiger partial charge in [-0.05, 0) is 47.8 Å². The summed E-state index contributed by atoms with van der Waals surface area (Å²) in [5.74, 6) is 0.397. The number of hydrogen-bond acceptors (Lipinski definition) is 5. The second kappa shape index (κ2) is 5.66. The molecule has 0 unspecified atom stereocenters. The number of amides is 1. The summed E-state index contributed by atoms with van der Waals surface area (Å²) in [5.41, 5.74) is 2.79. The minimum atomic E-state index is -0.112. The Hall–Kier alpha value is -2.99. The van der Waals surface area contributed by atoms with E-state index >= 15 is 0 Å². The number of aromatic nitrogens is 2. The molecule has 6 heteroatoms. The molecule has 5 nitrogen and oxygen atoms in total. The molecule has 0 atom stereocenters. The van der Waals surface area contributed by atoms with Gasteiger partial charge in [0.05, 0.1) is 4.88 Å². The molecule has 0 aliphatic rings. The highest BCUT2D eigenvalue weighted by atomic mass is 32.1. The van der Waals surface area contributed by atoms with Crippen molar-refractivity contribution in [3.05, 3.63) is 65.0 Å². The van der Waals surface area contributed by atoms with Gasteiger partial charge in [0.1, 0.15) is 0 Å². The molecule has 3 heterocycles. The lowest BCUT2D eigenvalue weighted by molar-refractivity contribution is 0.103. The van der Waals surface area contributed by atoms with Gasteiger partial charge < -0.3 is 9.73 Å². The summed E-state index contributed by atoms with van der Waals surface area (Å²) in [7, 11) is 0. The van der Waals surface area contributed by atoms with Gasteiger partial charge in [0, 0.05) is 17.4 Å². The van der Waals surface area contributed by atoms with E-state index in [1.807, 2.05) is 41.8 Å². The fourth-order valence-corrected chi connectivity index (χ4v) is 2.81. The van der Waals surface area contributed by atoms with Crippen molar-refractivity contribution in [3.8, 4) is 11.5 Å². The van der Waals surface area contributed by atoms with E-state index in [-0.39, 0.29) is 5.91 Å². The summed E-state index contributed by atoms with van der Waals surface area (Å²) in [5, 5.41) is 4.73. The van der Waals surface area contributed by atoms with Gasteiger partial charge in [-0.3, -0.25) is 4.79 Å². The molecule has 112 valence electrons. The van der Waals surface area contributed by atoms with Crippen LogP contribution < -0.4 is 5.32 Å². The number of oxazole rings is 1. The van der Waals surface area contributed by atoms with Crippen LogP contribution in [0.1, 0.15) is 9.67 Å². The minimum absolute atomic E-state index is 0.112. The third kappa shape index (κ3) is 2.72. The summed E-state index contributed by atoms with van der Waals surface area (Å²) in [6.07, 6.45) is 1.68. The highest BCUT2D eigenvalue weighted by Crippen LogP contribution is 2.24. The Labute approximate surface area is 135 Å². The Balaban J connectivity index is 1.57. The van der Waals surface area contributed by atoms with Gasteiger partial charge in [-0.2, -0.15) is 4.98 Å². The van der Waals surface area contributed by atoms with E-state index in [1.54, 1.807) is 18.3 Å². The topological polar surface area (TPSA) is 68.0 Å². The van der Waals surface area contributed by atoms with E-state index < -0.39 is 0 Å². The maximum absolute atomic E-state index is 12.0. The summed E-state index contributed by atoms with van der Waals surface area (Å²) >= 11 is 1.41. The van der Waals surface area contributed by atoms with Crippen molar-refractivity contribution >= 4 is 34.2 Å². The molecule has 4 rings (SSSR count). The second-order valence-electron chi connectivity index (χ2n) is 4.85. The van der Waals surface area contributed by atoms with Crippen LogP contribution in [0.2, 0.25) is 0 Å². The third-order valence-corrected chi connectivity index (χ3v) is 4.17. The van der Waals surface area contributed by atoms with Crippen molar-refractivity contribution in [3.63, 3.8) is 0 Å². The molecule has 0 aliphatic carbocycles. The lowest BCUT2D eigenvalue weighted by Crippen LogP contribution is -2.09. The summed E-state index contributed by atoms with van der Waals surface area (Å²) < 4.78 is 5.67. The summed E-state index contributed by atoms with van der Waals surface area (Å²) in [6.45, 7) is 0. The van der Waals surface area contributed by atoms with Gasteiger partial charge in [-0.15, -0.1) is 11.3 Å². The van der Waals surface area contributed by atoms with Gasteiger partial charge in [0.15, 0.2) is 11.2 Å². The first kappa shape index (κ1) is 13.7. The van der Waals surface area contributed by atoms with Gasteiger partial charge >= 0.3 is 0 Å². The molecule has 1 aromatic carbocycles. The van der Waals surface area contributed by atoms with Gasteiger partial charge in [-0.1, -0.05) is 6.07 Å². The maximum Gasteiger partial charge on any atom is 0.265 e. The van der Waals surface area contributed by atoms with Crippen LogP contribution in [-0.2, 0) is 0 Å². The molecule has 23 heavy (non-hydrogen) atoms. The number of fused-ring (bicyclic) bond motifs is 1. The molecule has 0 fully saturated rings. The van der Waals surface area contributed by atoms with Crippen LogP contribution in [0, 0.1) is 0 Å². The number of carbonyl (C=O) groups is 1. The molecule has 0 aliphatic heterocycles. The molecule has 4 aromatic rings. The van der Waals surface area contributed by atoms with Crippen LogP contribution in [0.5, 0.6) is 0 Å². The van der Waals surface area contributed by atoms with E-state index in [4.69, 9.17) is 4.42 Å². The highest BCUT2D eigenvalue weighted by Gasteiger charge is 2.10. The number of anilines is 1. The predicted octanol–water partition coefficient (Wildman–Crippen LogP) is 4.20. The lowest BCUT2D eigenvalue weighted by Gasteiger charge is -2.04. The zero-order valence-electron chi connectivity index (χ0n) is 11.9. The number of rotatable bonds is 3. The van der Waals surface area contributed by atoms with Crippen molar-refractivity contribution in [1.29, 1.82) is 0 Å². The smallest absolute Gasteiger partial charge is 0.265 e. The first-order valence-corrected chi connectivity index (χ1v) is 7.84. The largest absolute Gasteiger partial charge is 0.434 e. The Bertz CT molecular complexity index is 926. The number of thiophene rings is 1. The number of carbonyl (C=O) groups excluding carboxylic acids is 1. The van der Waals surface area contributed by atoms with Crippen molar-refractivity contribution in [2.75, 3.05) is 5.32 Å². The number of hydrogen-bond donors (Lipinski definition) is 1. The van der Waals surface area contributed by atoms with Gasteiger partial charge in [0.25, 0.3) is 5.91 Å². The van der Waals surface area contributed by atoms with Gasteiger partial charge in [-0.25, -0.2) is 4.98 Å². The van der Waals surface area contributed by atoms with E-state index in [9.17, 15) is 4.79 Å². The monoisotopic (exact) mass is 321 g/mol. The second-order valence-corrected chi connectivity index (χ2v) is 5.80. The molecule has 1 N–H and O–H groups in total.